The van der Waals surface area contributed by atoms with Crippen LogP contribution >= 0.6 is 15.9 Å². The topological polar surface area (TPSA) is 34.1 Å². The Morgan fingerprint density at radius 3 is 2.75 bits per heavy atom. The summed E-state index contributed by atoms with van der Waals surface area (Å²) in [7, 11) is 0. The Kier molecular flexibility index (Phi) is 2.86. The van der Waals surface area contributed by atoms with Gasteiger partial charge in [-0.1, -0.05) is 0 Å². The molecule has 2 bridgehead atoms. The summed E-state index contributed by atoms with van der Waals surface area (Å²) < 4.78 is 6.99. The van der Waals surface area contributed by atoms with E-state index >= 15 is 0 Å². The summed E-state index contributed by atoms with van der Waals surface area (Å²) in [5.41, 5.74) is 0. The average molecular weight is 283 g/mol. The van der Waals surface area contributed by atoms with Crippen LogP contribution in [0, 0.1) is 0 Å². The number of aromatic nitrogens is 1. The van der Waals surface area contributed by atoms with Crippen molar-refractivity contribution in [1.29, 1.82) is 0 Å². The van der Waals surface area contributed by atoms with Gasteiger partial charge in [0.25, 0.3) is 0 Å². The van der Waals surface area contributed by atoms with Gasteiger partial charge in [0.15, 0.2) is 0 Å². The first kappa shape index (κ1) is 10.5. The molecule has 2 unspecified atom stereocenters. The SMILES string of the molecule is Brc1cnccc1OC1CC2CCC(C1)N2. The third-order valence-corrected chi connectivity index (χ3v) is 4.05. The molecule has 1 N–H and O–H groups in total. The molecule has 2 atom stereocenters. The van der Waals surface area contributed by atoms with Crippen LogP contribution in [0.5, 0.6) is 5.75 Å². The molecule has 1 aromatic heterocycles. The van der Waals surface area contributed by atoms with Crippen molar-refractivity contribution < 1.29 is 4.74 Å². The van der Waals surface area contributed by atoms with Crippen molar-refractivity contribution in [2.75, 3.05) is 0 Å². The predicted octanol–water partition coefficient (Wildman–Crippen LogP) is 2.51. The van der Waals surface area contributed by atoms with Crippen molar-refractivity contribution in [3.8, 4) is 5.75 Å². The fourth-order valence-corrected chi connectivity index (χ4v) is 3.08. The number of fused-ring (bicyclic) bond motifs is 2. The van der Waals surface area contributed by atoms with Gasteiger partial charge in [-0.05, 0) is 47.7 Å². The third kappa shape index (κ3) is 2.09. The maximum Gasteiger partial charge on any atom is 0.136 e. The van der Waals surface area contributed by atoms with Crippen LogP contribution in [0.4, 0.5) is 0 Å². The van der Waals surface area contributed by atoms with Crippen molar-refractivity contribution >= 4 is 15.9 Å². The quantitative estimate of drug-likeness (QED) is 0.905. The lowest BCUT2D eigenvalue weighted by molar-refractivity contribution is 0.136. The number of hydrogen-bond donors (Lipinski definition) is 1. The van der Waals surface area contributed by atoms with E-state index < -0.39 is 0 Å². The lowest BCUT2D eigenvalue weighted by Gasteiger charge is -2.29. The zero-order valence-corrected chi connectivity index (χ0v) is 10.6. The normalized spacial score (nSPS) is 32.7. The van der Waals surface area contributed by atoms with E-state index in [9.17, 15) is 0 Å². The van der Waals surface area contributed by atoms with Crippen molar-refractivity contribution in [3.63, 3.8) is 0 Å². The number of nitrogens with zero attached hydrogens (tertiary/aromatic N) is 1. The van der Waals surface area contributed by atoms with E-state index in [4.69, 9.17) is 4.74 Å². The van der Waals surface area contributed by atoms with Crippen molar-refractivity contribution in [3.05, 3.63) is 22.9 Å². The lowest BCUT2D eigenvalue weighted by Crippen LogP contribution is -2.42. The second-order valence-corrected chi connectivity index (χ2v) is 5.51. The second kappa shape index (κ2) is 4.34. The van der Waals surface area contributed by atoms with Gasteiger partial charge in [-0.3, -0.25) is 4.98 Å². The molecule has 2 saturated heterocycles. The molecule has 16 heavy (non-hydrogen) atoms. The standard InChI is InChI=1S/C12H15BrN2O/c13-11-7-14-4-3-12(11)16-10-5-8-1-2-9(6-10)15-8/h3-4,7-10,15H,1-2,5-6H2. The van der Waals surface area contributed by atoms with Crippen molar-refractivity contribution in [2.45, 2.75) is 43.9 Å². The number of pyridine rings is 1. The molecule has 3 heterocycles. The minimum Gasteiger partial charge on any atom is -0.489 e. The van der Waals surface area contributed by atoms with Gasteiger partial charge in [-0.2, -0.15) is 0 Å². The number of halogens is 1. The van der Waals surface area contributed by atoms with Crippen LogP contribution in [0.1, 0.15) is 25.7 Å². The van der Waals surface area contributed by atoms with Crippen LogP contribution < -0.4 is 10.1 Å². The Labute approximate surface area is 104 Å². The minimum absolute atomic E-state index is 0.359. The first-order valence-corrected chi connectivity index (χ1v) is 6.63. The van der Waals surface area contributed by atoms with Crippen LogP contribution in [0.3, 0.4) is 0 Å². The molecule has 3 nitrogen and oxygen atoms in total. The number of piperidine rings is 1. The highest BCUT2D eigenvalue weighted by Gasteiger charge is 2.34. The Hall–Kier alpha value is -0.610. The zero-order valence-electron chi connectivity index (χ0n) is 9.03. The van der Waals surface area contributed by atoms with Crippen LogP contribution in [-0.4, -0.2) is 23.2 Å². The first-order chi connectivity index (χ1) is 7.81. The molecule has 3 rings (SSSR count). The summed E-state index contributed by atoms with van der Waals surface area (Å²) in [6, 6.07) is 3.27. The summed E-state index contributed by atoms with van der Waals surface area (Å²) in [6.07, 6.45) is 8.79. The molecule has 0 amide bonds. The fourth-order valence-electron chi connectivity index (χ4n) is 2.74. The molecule has 0 aliphatic carbocycles. The number of nitrogens with one attached hydrogen (secondary N) is 1. The lowest BCUT2D eigenvalue weighted by atomic mass is 10.0. The molecule has 86 valence electrons. The maximum absolute atomic E-state index is 6.04. The highest BCUT2D eigenvalue weighted by molar-refractivity contribution is 9.10. The van der Waals surface area contributed by atoms with Gasteiger partial charge in [0.2, 0.25) is 0 Å². The largest absolute Gasteiger partial charge is 0.489 e. The maximum atomic E-state index is 6.04. The molecule has 4 heteroatoms. The Balaban J connectivity index is 1.69. The summed E-state index contributed by atoms with van der Waals surface area (Å²) in [5, 5.41) is 3.62. The van der Waals surface area contributed by atoms with Gasteiger partial charge in [0.05, 0.1) is 4.47 Å². The van der Waals surface area contributed by atoms with E-state index in [0.717, 1.165) is 23.1 Å². The van der Waals surface area contributed by atoms with Gasteiger partial charge in [0, 0.05) is 24.5 Å². The van der Waals surface area contributed by atoms with Crippen molar-refractivity contribution in [2.24, 2.45) is 0 Å². The molecule has 1 aromatic rings. The van der Waals surface area contributed by atoms with Crippen LogP contribution in [0.25, 0.3) is 0 Å². The molecular weight excluding hydrogens is 268 g/mol. The molecule has 0 spiro atoms. The van der Waals surface area contributed by atoms with Crippen LogP contribution in [-0.2, 0) is 0 Å². The van der Waals surface area contributed by atoms with Gasteiger partial charge in [-0.25, -0.2) is 0 Å². The average Bonchev–Trinajstić information content (AvgIpc) is 2.62. The molecule has 0 saturated carbocycles. The highest BCUT2D eigenvalue weighted by Crippen LogP contribution is 2.31. The van der Waals surface area contributed by atoms with Crippen LogP contribution in [0.2, 0.25) is 0 Å². The van der Waals surface area contributed by atoms with Gasteiger partial charge >= 0.3 is 0 Å². The molecule has 0 aromatic carbocycles. The highest BCUT2D eigenvalue weighted by atomic mass is 79.9. The molecule has 2 aliphatic rings. The van der Waals surface area contributed by atoms with E-state index in [1.165, 1.54) is 12.8 Å². The first-order valence-electron chi connectivity index (χ1n) is 5.83. The van der Waals surface area contributed by atoms with Gasteiger partial charge < -0.3 is 10.1 Å². The smallest absolute Gasteiger partial charge is 0.136 e. The zero-order chi connectivity index (χ0) is 11.0. The van der Waals surface area contributed by atoms with E-state index in [2.05, 4.69) is 26.2 Å². The predicted molar refractivity (Wildman–Crippen MR) is 65.5 cm³/mol. The monoisotopic (exact) mass is 282 g/mol. The van der Waals surface area contributed by atoms with Gasteiger partial charge in [0.1, 0.15) is 11.9 Å². The van der Waals surface area contributed by atoms with Crippen LogP contribution in [0.15, 0.2) is 22.9 Å². The molecular formula is C12H15BrN2O. The van der Waals surface area contributed by atoms with E-state index in [1.807, 2.05) is 6.07 Å². The molecule has 2 aliphatic heterocycles. The fraction of sp³-hybridized carbons (Fsp3) is 0.583. The summed E-state index contributed by atoms with van der Waals surface area (Å²) >= 11 is 3.47. The Bertz CT molecular complexity index is 373. The third-order valence-electron chi connectivity index (χ3n) is 3.46. The Morgan fingerprint density at radius 2 is 2.06 bits per heavy atom. The molecule has 0 radical (unpaired) electrons. The van der Waals surface area contributed by atoms with E-state index in [-0.39, 0.29) is 0 Å². The molecule has 2 fully saturated rings. The summed E-state index contributed by atoms with van der Waals surface area (Å²) in [6.45, 7) is 0. The number of ether oxygens (including phenoxy) is 1. The number of rotatable bonds is 2. The van der Waals surface area contributed by atoms with Gasteiger partial charge in [-0.15, -0.1) is 0 Å². The van der Waals surface area contributed by atoms with E-state index in [1.54, 1.807) is 12.4 Å². The minimum atomic E-state index is 0.359. The number of hydrogen-bond acceptors (Lipinski definition) is 3. The Morgan fingerprint density at radius 1 is 1.31 bits per heavy atom. The second-order valence-electron chi connectivity index (χ2n) is 4.66. The summed E-state index contributed by atoms with van der Waals surface area (Å²) in [4.78, 5) is 4.04. The van der Waals surface area contributed by atoms with E-state index in [0.29, 0.717) is 18.2 Å². The van der Waals surface area contributed by atoms with Crippen molar-refractivity contribution in [1.82, 2.24) is 10.3 Å². The summed E-state index contributed by atoms with van der Waals surface area (Å²) in [5.74, 6) is 0.918.